The minimum atomic E-state index is -3.89. The molecule has 1 aliphatic rings. The van der Waals surface area contributed by atoms with Crippen molar-refractivity contribution in [1.29, 1.82) is 0 Å². The van der Waals surface area contributed by atoms with Gasteiger partial charge in [0, 0.05) is 24.2 Å². The molecule has 1 N–H and O–H groups in total. The number of aryl methyl sites for hydroxylation is 1. The lowest BCUT2D eigenvalue weighted by Crippen LogP contribution is -2.32. The van der Waals surface area contributed by atoms with E-state index >= 15 is 0 Å². The molecule has 1 aromatic carbocycles. The first-order chi connectivity index (χ1) is 10.4. The fourth-order valence-electron chi connectivity index (χ4n) is 2.39. The molecule has 1 heterocycles. The largest absolute Gasteiger partial charge is 0.276 e. The van der Waals surface area contributed by atoms with E-state index in [9.17, 15) is 13.2 Å². The van der Waals surface area contributed by atoms with E-state index in [1.165, 1.54) is 18.2 Å². The summed E-state index contributed by atoms with van der Waals surface area (Å²) in [5, 5.41) is 4.36. The highest BCUT2D eigenvalue weighted by Crippen LogP contribution is 2.47. The molecular formula is C14H14ClN3O3S. The first-order valence-electron chi connectivity index (χ1n) is 6.67. The van der Waals surface area contributed by atoms with Gasteiger partial charge in [-0.05, 0) is 36.1 Å². The zero-order valence-electron chi connectivity index (χ0n) is 11.7. The Bertz CT molecular complexity index is 831. The second-order valence-electron chi connectivity index (χ2n) is 5.32. The highest BCUT2D eigenvalue weighted by atomic mass is 35.5. The number of nitrogens with zero attached hydrogens (tertiary/aromatic N) is 2. The van der Waals surface area contributed by atoms with Crippen molar-refractivity contribution in [2.45, 2.75) is 17.2 Å². The summed E-state index contributed by atoms with van der Waals surface area (Å²) >= 11 is 5.78. The average Bonchev–Trinajstić information content (AvgIpc) is 3.14. The van der Waals surface area contributed by atoms with Crippen LogP contribution in [0.1, 0.15) is 17.9 Å². The third-order valence-electron chi connectivity index (χ3n) is 3.62. The molecule has 3 rings (SSSR count). The highest BCUT2D eigenvalue weighted by molar-refractivity contribution is 7.90. The maximum atomic E-state index is 12.2. The lowest BCUT2D eigenvalue weighted by atomic mass is 10.2. The molecule has 0 bridgehead atoms. The van der Waals surface area contributed by atoms with E-state index < -0.39 is 15.9 Å². The number of benzene rings is 1. The Morgan fingerprint density at radius 1 is 1.45 bits per heavy atom. The molecule has 22 heavy (non-hydrogen) atoms. The minimum Gasteiger partial charge on any atom is -0.276 e. The normalized spacial score (nSPS) is 20.6. The average molecular weight is 340 g/mol. The number of hydrogen-bond acceptors (Lipinski definition) is 4. The molecule has 0 aliphatic heterocycles. The standard InChI is InChI=1S/C14H14ClN3O3S/c1-18-8-9(7-16-18)12-6-13(12)14(19)17-22(20,21)11-4-2-3-10(15)5-11/h2-5,7-8,12-13H,6H2,1H3,(H,17,19)/t12-,13+/m0/s1. The maximum Gasteiger partial charge on any atom is 0.264 e. The number of halogens is 1. The number of amides is 1. The molecule has 0 radical (unpaired) electrons. The molecule has 1 aromatic heterocycles. The first-order valence-corrected chi connectivity index (χ1v) is 8.54. The zero-order chi connectivity index (χ0) is 15.9. The Kier molecular flexibility index (Phi) is 3.70. The summed E-state index contributed by atoms with van der Waals surface area (Å²) in [6.45, 7) is 0. The molecule has 0 spiro atoms. The van der Waals surface area contributed by atoms with Gasteiger partial charge in [0.2, 0.25) is 5.91 Å². The number of carbonyl (C=O) groups excluding carboxylic acids is 1. The molecule has 1 amide bonds. The molecule has 1 fully saturated rings. The van der Waals surface area contributed by atoms with Gasteiger partial charge in [0.1, 0.15) is 0 Å². The molecule has 2 atom stereocenters. The predicted octanol–water partition coefficient (Wildman–Crippen LogP) is 1.68. The van der Waals surface area contributed by atoms with Gasteiger partial charge in [-0.1, -0.05) is 17.7 Å². The molecule has 0 unspecified atom stereocenters. The number of nitrogens with one attached hydrogen (secondary N) is 1. The number of sulfonamides is 1. The van der Waals surface area contributed by atoms with E-state index in [1.807, 2.05) is 6.20 Å². The van der Waals surface area contributed by atoms with E-state index in [2.05, 4.69) is 9.82 Å². The van der Waals surface area contributed by atoms with Gasteiger partial charge in [-0.2, -0.15) is 5.10 Å². The molecule has 1 saturated carbocycles. The Balaban J connectivity index is 1.70. The van der Waals surface area contributed by atoms with Gasteiger partial charge in [-0.3, -0.25) is 9.48 Å². The molecular weight excluding hydrogens is 326 g/mol. The van der Waals surface area contributed by atoms with Crippen molar-refractivity contribution in [2.24, 2.45) is 13.0 Å². The predicted molar refractivity (Wildman–Crippen MR) is 80.8 cm³/mol. The lowest BCUT2D eigenvalue weighted by Gasteiger charge is -2.06. The van der Waals surface area contributed by atoms with Crippen LogP contribution in [0, 0.1) is 5.92 Å². The van der Waals surface area contributed by atoms with Gasteiger partial charge >= 0.3 is 0 Å². The molecule has 116 valence electrons. The first kappa shape index (κ1) is 15.1. The van der Waals surface area contributed by atoms with Crippen molar-refractivity contribution in [3.63, 3.8) is 0 Å². The summed E-state index contributed by atoms with van der Waals surface area (Å²) in [6, 6.07) is 5.80. The van der Waals surface area contributed by atoms with Gasteiger partial charge in [0.05, 0.1) is 11.1 Å². The van der Waals surface area contributed by atoms with Crippen LogP contribution in [0.5, 0.6) is 0 Å². The third-order valence-corrected chi connectivity index (χ3v) is 5.20. The summed E-state index contributed by atoms with van der Waals surface area (Å²) in [7, 11) is -2.10. The number of rotatable bonds is 4. The van der Waals surface area contributed by atoms with E-state index in [1.54, 1.807) is 24.0 Å². The van der Waals surface area contributed by atoms with Gasteiger partial charge < -0.3 is 0 Å². The van der Waals surface area contributed by atoms with Crippen LogP contribution in [0.25, 0.3) is 0 Å². The molecule has 2 aromatic rings. The van der Waals surface area contributed by atoms with Crippen molar-refractivity contribution < 1.29 is 13.2 Å². The quantitative estimate of drug-likeness (QED) is 0.919. The van der Waals surface area contributed by atoms with Gasteiger partial charge in [-0.15, -0.1) is 0 Å². The van der Waals surface area contributed by atoms with Gasteiger partial charge in [0.15, 0.2) is 0 Å². The third kappa shape index (κ3) is 3.00. The summed E-state index contributed by atoms with van der Waals surface area (Å²) < 4.78 is 28.1. The summed E-state index contributed by atoms with van der Waals surface area (Å²) in [6.07, 6.45) is 4.16. The van der Waals surface area contributed by atoms with Crippen molar-refractivity contribution in [2.75, 3.05) is 0 Å². The SMILES string of the molecule is Cn1cc([C@@H]2C[C@H]2C(=O)NS(=O)(=O)c2cccc(Cl)c2)cn1. The lowest BCUT2D eigenvalue weighted by molar-refractivity contribution is -0.120. The molecule has 0 saturated heterocycles. The Hall–Kier alpha value is -1.86. The van der Waals surface area contributed by atoms with Crippen LogP contribution in [-0.4, -0.2) is 24.1 Å². The second-order valence-corrected chi connectivity index (χ2v) is 7.44. The van der Waals surface area contributed by atoms with Crippen molar-refractivity contribution >= 4 is 27.5 Å². The molecule has 1 aliphatic carbocycles. The molecule has 6 nitrogen and oxygen atoms in total. The number of aromatic nitrogens is 2. The van der Waals surface area contributed by atoms with Crippen LogP contribution in [0.4, 0.5) is 0 Å². The summed E-state index contributed by atoms with van der Waals surface area (Å²) in [5.41, 5.74) is 0.947. The van der Waals surface area contributed by atoms with Crippen LogP contribution in [0.15, 0.2) is 41.6 Å². The summed E-state index contributed by atoms with van der Waals surface area (Å²) in [4.78, 5) is 12.1. The van der Waals surface area contributed by atoms with Crippen LogP contribution in [0.2, 0.25) is 5.02 Å². The fraction of sp³-hybridized carbons (Fsp3) is 0.286. The second kappa shape index (κ2) is 5.40. The zero-order valence-corrected chi connectivity index (χ0v) is 13.3. The monoisotopic (exact) mass is 339 g/mol. The van der Waals surface area contributed by atoms with Crippen molar-refractivity contribution in [3.05, 3.63) is 47.2 Å². The van der Waals surface area contributed by atoms with Gasteiger partial charge in [0.25, 0.3) is 10.0 Å². The molecule has 8 heteroatoms. The Morgan fingerprint density at radius 3 is 2.86 bits per heavy atom. The van der Waals surface area contributed by atoms with E-state index in [-0.39, 0.29) is 16.7 Å². The van der Waals surface area contributed by atoms with Crippen LogP contribution >= 0.6 is 11.6 Å². The highest BCUT2D eigenvalue weighted by Gasteiger charge is 2.45. The minimum absolute atomic E-state index is 0.0214. The summed E-state index contributed by atoms with van der Waals surface area (Å²) in [5.74, 6) is -0.796. The van der Waals surface area contributed by atoms with Crippen molar-refractivity contribution in [1.82, 2.24) is 14.5 Å². The van der Waals surface area contributed by atoms with E-state index in [4.69, 9.17) is 11.6 Å². The Morgan fingerprint density at radius 2 is 2.23 bits per heavy atom. The van der Waals surface area contributed by atoms with Crippen LogP contribution in [0.3, 0.4) is 0 Å². The Labute approximate surface area is 133 Å². The van der Waals surface area contributed by atoms with E-state index in [0.717, 1.165) is 5.56 Å². The van der Waals surface area contributed by atoms with Gasteiger partial charge in [-0.25, -0.2) is 13.1 Å². The maximum absolute atomic E-state index is 12.2. The smallest absolute Gasteiger partial charge is 0.264 e. The van der Waals surface area contributed by atoms with Crippen molar-refractivity contribution in [3.8, 4) is 0 Å². The fourth-order valence-corrected chi connectivity index (χ4v) is 3.71. The number of carbonyl (C=O) groups is 1. The van der Waals surface area contributed by atoms with Crippen LogP contribution < -0.4 is 4.72 Å². The van der Waals surface area contributed by atoms with E-state index in [0.29, 0.717) is 11.4 Å². The van der Waals surface area contributed by atoms with Crippen LogP contribution in [-0.2, 0) is 21.9 Å². The number of hydrogen-bond donors (Lipinski definition) is 1. The topological polar surface area (TPSA) is 81.1 Å².